The minimum Gasteiger partial charge on any atom is -0.495 e. The molecule has 0 saturated carbocycles. The number of anilines is 2. The van der Waals surface area contributed by atoms with Gasteiger partial charge in [-0.2, -0.15) is 9.97 Å². The van der Waals surface area contributed by atoms with E-state index in [1.807, 2.05) is 6.07 Å². The van der Waals surface area contributed by atoms with E-state index >= 15 is 0 Å². The molecule has 0 bridgehead atoms. The zero-order valence-electron chi connectivity index (χ0n) is 11.4. The van der Waals surface area contributed by atoms with Gasteiger partial charge in [0.15, 0.2) is 0 Å². The molecule has 0 atom stereocenters. The standard InChI is InChI=1S/C14H12ClN4O2/c1-20-10-6-4-3-5-9(10)17-14-18-12-11(8(15)7-16-12)13(19-14)21-2/h3,5-7H,1-2H3,(H2,16,17,18,19). The number of H-pyrrole nitrogens is 1. The monoisotopic (exact) mass is 303 g/mol. The van der Waals surface area contributed by atoms with Gasteiger partial charge in [-0.3, -0.25) is 0 Å². The Kier molecular flexibility index (Phi) is 3.53. The predicted molar refractivity (Wildman–Crippen MR) is 80.6 cm³/mol. The molecule has 1 radical (unpaired) electrons. The summed E-state index contributed by atoms with van der Waals surface area (Å²) in [5.74, 6) is 1.42. The van der Waals surface area contributed by atoms with E-state index in [2.05, 4.69) is 26.3 Å². The Morgan fingerprint density at radius 1 is 1.29 bits per heavy atom. The van der Waals surface area contributed by atoms with Gasteiger partial charge in [0.2, 0.25) is 11.8 Å². The smallest absolute Gasteiger partial charge is 0.232 e. The van der Waals surface area contributed by atoms with E-state index in [1.54, 1.807) is 25.4 Å². The summed E-state index contributed by atoms with van der Waals surface area (Å²) in [7, 11) is 3.12. The van der Waals surface area contributed by atoms with Gasteiger partial charge in [-0.15, -0.1) is 0 Å². The topological polar surface area (TPSA) is 72.1 Å². The highest BCUT2D eigenvalue weighted by atomic mass is 35.5. The second kappa shape index (κ2) is 5.49. The molecule has 0 fully saturated rings. The van der Waals surface area contributed by atoms with Crippen LogP contribution in [0.2, 0.25) is 5.02 Å². The Morgan fingerprint density at radius 3 is 2.90 bits per heavy atom. The van der Waals surface area contributed by atoms with Crippen molar-refractivity contribution in [2.45, 2.75) is 0 Å². The van der Waals surface area contributed by atoms with E-state index in [-0.39, 0.29) is 0 Å². The lowest BCUT2D eigenvalue weighted by Crippen LogP contribution is -2.01. The van der Waals surface area contributed by atoms with Crippen LogP contribution in [0.3, 0.4) is 0 Å². The number of ether oxygens (including phenoxy) is 2. The summed E-state index contributed by atoms with van der Waals surface area (Å²) in [6.45, 7) is 0. The molecule has 0 unspecified atom stereocenters. The molecule has 0 aliphatic rings. The molecule has 7 heteroatoms. The van der Waals surface area contributed by atoms with Crippen molar-refractivity contribution in [3.63, 3.8) is 0 Å². The first-order valence-electron chi connectivity index (χ1n) is 6.12. The quantitative estimate of drug-likeness (QED) is 0.774. The third-order valence-corrected chi connectivity index (χ3v) is 3.23. The van der Waals surface area contributed by atoms with Gasteiger partial charge in [0.05, 0.1) is 30.3 Å². The lowest BCUT2D eigenvalue weighted by molar-refractivity contribution is 0.403. The van der Waals surface area contributed by atoms with Gasteiger partial charge < -0.3 is 19.8 Å². The van der Waals surface area contributed by atoms with E-state index in [1.165, 1.54) is 7.11 Å². The Hall–Kier alpha value is -2.47. The van der Waals surface area contributed by atoms with Crippen LogP contribution in [-0.2, 0) is 0 Å². The molecule has 3 aromatic rings. The molecule has 0 aliphatic heterocycles. The maximum atomic E-state index is 6.08. The van der Waals surface area contributed by atoms with Crippen LogP contribution in [0.25, 0.3) is 11.0 Å². The predicted octanol–water partition coefficient (Wildman–Crippen LogP) is 3.17. The van der Waals surface area contributed by atoms with Gasteiger partial charge in [-0.1, -0.05) is 17.7 Å². The number of aromatic nitrogens is 3. The first-order valence-corrected chi connectivity index (χ1v) is 6.50. The summed E-state index contributed by atoms with van der Waals surface area (Å²) in [6, 6.07) is 8.26. The molecule has 6 nitrogen and oxygen atoms in total. The number of hydrogen-bond acceptors (Lipinski definition) is 5. The Bertz CT molecular complexity index is 788. The normalized spacial score (nSPS) is 10.6. The number of aromatic amines is 1. The number of rotatable bonds is 4. The van der Waals surface area contributed by atoms with Crippen molar-refractivity contribution in [1.29, 1.82) is 0 Å². The van der Waals surface area contributed by atoms with Crippen LogP contribution in [0, 0.1) is 6.07 Å². The average Bonchev–Trinajstić information content (AvgIpc) is 2.88. The molecule has 2 N–H and O–H groups in total. The lowest BCUT2D eigenvalue weighted by Gasteiger charge is -2.10. The van der Waals surface area contributed by atoms with E-state index in [9.17, 15) is 0 Å². The molecular weight excluding hydrogens is 292 g/mol. The Labute approximate surface area is 126 Å². The number of nitrogens with zero attached hydrogens (tertiary/aromatic N) is 2. The molecule has 107 valence electrons. The van der Waals surface area contributed by atoms with Crippen LogP contribution < -0.4 is 14.8 Å². The molecule has 0 aliphatic carbocycles. The van der Waals surface area contributed by atoms with E-state index < -0.39 is 0 Å². The maximum Gasteiger partial charge on any atom is 0.232 e. The highest BCUT2D eigenvalue weighted by Gasteiger charge is 2.14. The van der Waals surface area contributed by atoms with Gasteiger partial charge in [-0.25, -0.2) is 0 Å². The van der Waals surface area contributed by atoms with Crippen LogP contribution in [0.15, 0.2) is 24.4 Å². The van der Waals surface area contributed by atoms with Crippen LogP contribution >= 0.6 is 11.6 Å². The number of benzene rings is 1. The largest absolute Gasteiger partial charge is 0.495 e. The Morgan fingerprint density at radius 2 is 2.14 bits per heavy atom. The van der Waals surface area contributed by atoms with Crippen LogP contribution in [-0.4, -0.2) is 29.2 Å². The minimum atomic E-state index is 0.377. The molecule has 2 aromatic heterocycles. The van der Waals surface area contributed by atoms with Gasteiger partial charge in [0, 0.05) is 6.20 Å². The second-order valence-electron chi connectivity index (χ2n) is 4.17. The number of methoxy groups -OCH3 is 2. The summed E-state index contributed by atoms with van der Waals surface area (Å²) in [5.41, 5.74) is 1.33. The number of fused-ring (bicyclic) bond motifs is 1. The van der Waals surface area contributed by atoms with Gasteiger partial charge in [0.1, 0.15) is 11.4 Å². The zero-order chi connectivity index (χ0) is 14.8. The van der Waals surface area contributed by atoms with Crippen molar-refractivity contribution in [1.82, 2.24) is 15.0 Å². The van der Waals surface area contributed by atoms with Gasteiger partial charge in [0.25, 0.3) is 0 Å². The summed E-state index contributed by atoms with van der Waals surface area (Å²) in [4.78, 5) is 11.7. The maximum absolute atomic E-state index is 6.08. The fourth-order valence-corrected chi connectivity index (χ4v) is 2.20. The van der Waals surface area contributed by atoms with Crippen LogP contribution in [0.1, 0.15) is 0 Å². The summed E-state index contributed by atoms with van der Waals surface area (Å²) in [6.07, 6.45) is 1.64. The molecule has 2 heterocycles. The number of hydrogen-bond donors (Lipinski definition) is 2. The molecule has 0 saturated heterocycles. The fourth-order valence-electron chi connectivity index (χ4n) is 1.98. The minimum absolute atomic E-state index is 0.377. The molecule has 0 amide bonds. The highest BCUT2D eigenvalue weighted by Crippen LogP contribution is 2.32. The average molecular weight is 304 g/mol. The first-order chi connectivity index (χ1) is 10.2. The van der Waals surface area contributed by atoms with E-state index in [0.29, 0.717) is 33.6 Å². The van der Waals surface area contributed by atoms with Crippen molar-refractivity contribution in [3.8, 4) is 11.6 Å². The van der Waals surface area contributed by atoms with Crippen molar-refractivity contribution >= 4 is 34.3 Å². The molecular formula is C14H12ClN4O2. The van der Waals surface area contributed by atoms with E-state index in [0.717, 1.165) is 5.69 Å². The fraction of sp³-hybridized carbons (Fsp3) is 0.143. The molecule has 3 rings (SSSR count). The molecule has 21 heavy (non-hydrogen) atoms. The summed E-state index contributed by atoms with van der Waals surface area (Å²) >= 11 is 6.08. The summed E-state index contributed by atoms with van der Waals surface area (Å²) < 4.78 is 10.5. The first kappa shape index (κ1) is 13.5. The second-order valence-corrected chi connectivity index (χ2v) is 4.58. The third-order valence-electron chi connectivity index (χ3n) is 2.94. The van der Waals surface area contributed by atoms with Crippen molar-refractivity contribution in [2.24, 2.45) is 0 Å². The highest BCUT2D eigenvalue weighted by molar-refractivity contribution is 6.35. The zero-order valence-corrected chi connectivity index (χ0v) is 12.2. The van der Waals surface area contributed by atoms with Gasteiger partial charge >= 0.3 is 0 Å². The Balaban J connectivity index is 2.05. The van der Waals surface area contributed by atoms with E-state index in [4.69, 9.17) is 21.1 Å². The third kappa shape index (κ3) is 2.45. The van der Waals surface area contributed by atoms with Crippen molar-refractivity contribution < 1.29 is 9.47 Å². The molecule has 1 aromatic carbocycles. The number of nitrogens with one attached hydrogen (secondary N) is 2. The van der Waals surface area contributed by atoms with Crippen LogP contribution in [0.5, 0.6) is 11.6 Å². The van der Waals surface area contributed by atoms with Crippen LogP contribution in [0.4, 0.5) is 11.6 Å². The van der Waals surface area contributed by atoms with Gasteiger partial charge in [-0.05, 0) is 18.2 Å². The lowest BCUT2D eigenvalue weighted by atomic mass is 10.3. The molecule has 0 spiro atoms. The number of halogens is 1. The summed E-state index contributed by atoms with van der Waals surface area (Å²) in [5, 5.41) is 4.25. The SMILES string of the molecule is COc1c[c]ccc1Nc1nc(OC)c2c(Cl)c[nH]c2n1. The van der Waals surface area contributed by atoms with Crippen molar-refractivity contribution in [3.05, 3.63) is 35.5 Å². The van der Waals surface area contributed by atoms with Crippen molar-refractivity contribution in [2.75, 3.05) is 19.5 Å².